The van der Waals surface area contributed by atoms with E-state index in [1.807, 2.05) is 61.0 Å². The van der Waals surface area contributed by atoms with Crippen molar-refractivity contribution in [3.63, 3.8) is 0 Å². The molecule has 8 nitrogen and oxygen atoms in total. The zero-order chi connectivity index (χ0) is 21.8. The molecular formula is C22H25N5O3S. The molecule has 2 N–H and O–H groups in total. The summed E-state index contributed by atoms with van der Waals surface area (Å²) < 4.78 is 12.7. The Labute approximate surface area is 185 Å². The molecule has 2 aromatic carbocycles. The van der Waals surface area contributed by atoms with E-state index in [9.17, 15) is 4.79 Å². The molecule has 1 amide bonds. The lowest BCUT2D eigenvalue weighted by Crippen LogP contribution is -2.41. The van der Waals surface area contributed by atoms with Crippen molar-refractivity contribution in [1.82, 2.24) is 14.9 Å². The molecule has 3 aromatic rings. The maximum Gasteiger partial charge on any atom is 0.240 e. The number of nitrogens with one attached hydrogen (secondary N) is 2. The number of carbonyl (C=O) groups is 1. The molecular weight excluding hydrogens is 414 g/mol. The maximum absolute atomic E-state index is 13.3. The number of carbonyl (C=O) groups excluding carboxylic acids is 1. The normalized spacial score (nSPS) is 17.4. The molecule has 1 aromatic heterocycles. The third kappa shape index (κ3) is 4.46. The van der Waals surface area contributed by atoms with Crippen LogP contribution < -0.4 is 20.2 Å². The fourth-order valence-corrected chi connectivity index (χ4v) is 4.53. The molecule has 31 heavy (non-hydrogen) atoms. The van der Waals surface area contributed by atoms with Gasteiger partial charge in [-0.15, -0.1) is 10.2 Å². The minimum atomic E-state index is -0.453. The number of hydrogen-bond donors (Lipinski definition) is 2. The summed E-state index contributed by atoms with van der Waals surface area (Å²) in [6, 6.07) is 14.8. The van der Waals surface area contributed by atoms with Crippen LogP contribution in [0.25, 0.3) is 0 Å². The predicted octanol–water partition coefficient (Wildman–Crippen LogP) is 3.65. The van der Waals surface area contributed by atoms with Crippen molar-refractivity contribution in [3.05, 3.63) is 59.9 Å². The molecule has 0 aliphatic carbocycles. The Balaban J connectivity index is 1.64. The average Bonchev–Trinajstić information content (AvgIpc) is 3.21. The number of hydrogen-bond acceptors (Lipinski definition) is 7. The van der Waals surface area contributed by atoms with E-state index in [1.54, 1.807) is 13.2 Å². The van der Waals surface area contributed by atoms with Crippen LogP contribution in [0.1, 0.15) is 31.3 Å². The molecule has 2 heterocycles. The second kappa shape index (κ2) is 9.30. The maximum atomic E-state index is 13.3. The standard InChI is InChI=1S/C22H25N5O3S/c1-4-18-24-25-22-27(18)26-19(14-9-11-16(12-10-14)30-5-2)20(31-22)21(28)23-15-7-6-8-17(13-15)29-3/h6-13,19-20,26H,4-5H2,1-3H3,(H,23,28). The van der Waals surface area contributed by atoms with Crippen LogP contribution in [0.4, 0.5) is 5.69 Å². The van der Waals surface area contributed by atoms with Crippen LogP contribution in [0.2, 0.25) is 0 Å². The molecule has 0 fully saturated rings. The number of fused-ring (bicyclic) bond motifs is 1. The number of methoxy groups -OCH3 is 1. The van der Waals surface area contributed by atoms with Crippen LogP contribution in [0.5, 0.6) is 11.5 Å². The summed E-state index contributed by atoms with van der Waals surface area (Å²) in [6.45, 7) is 4.58. The highest BCUT2D eigenvalue weighted by Gasteiger charge is 2.37. The number of ether oxygens (including phenoxy) is 2. The lowest BCUT2D eigenvalue weighted by atomic mass is 10.0. The van der Waals surface area contributed by atoms with Gasteiger partial charge in [0, 0.05) is 18.2 Å². The van der Waals surface area contributed by atoms with E-state index in [-0.39, 0.29) is 11.9 Å². The largest absolute Gasteiger partial charge is 0.497 e. The van der Waals surface area contributed by atoms with Crippen molar-refractivity contribution in [1.29, 1.82) is 0 Å². The highest BCUT2D eigenvalue weighted by Crippen LogP contribution is 2.38. The van der Waals surface area contributed by atoms with E-state index in [2.05, 4.69) is 20.9 Å². The van der Waals surface area contributed by atoms with Crippen molar-refractivity contribution in [2.75, 3.05) is 24.5 Å². The van der Waals surface area contributed by atoms with Gasteiger partial charge >= 0.3 is 0 Å². The Hall–Kier alpha value is -3.20. The van der Waals surface area contributed by atoms with E-state index in [1.165, 1.54) is 11.8 Å². The number of aromatic nitrogens is 3. The quantitative estimate of drug-likeness (QED) is 0.581. The monoisotopic (exact) mass is 439 g/mol. The van der Waals surface area contributed by atoms with Crippen LogP contribution in [0.15, 0.2) is 53.7 Å². The van der Waals surface area contributed by atoms with Gasteiger partial charge in [-0.25, -0.2) is 4.68 Å². The summed E-state index contributed by atoms with van der Waals surface area (Å²) in [6.07, 6.45) is 0.733. The number of anilines is 1. The summed E-state index contributed by atoms with van der Waals surface area (Å²) in [5.41, 5.74) is 5.10. The SMILES string of the molecule is CCOc1ccc(C2Nn3c(CC)nnc3SC2C(=O)Nc2cccc(OC)c2)cc1. The van der Waals surface area contributed by atoms with E-state index in [4.69, 9.17) is 9.47 Å². The highest BCUT2D eigenvalue weighted by molar-refractivity contribution is 8.00. The third-order valence-electron chi connectivity index (χ3n) is 4.97. The molecule has 0 bridgehead atoms. The van der Waals surface area contributed by atoms with Crippen molar-refractivity contribution in [2.24, 2.45) is 0 Å². The zero-order valence-electron chi connectivity index (χ0n) is 17.7. The molecule has 0 saturated carbocycles. The Bertz CT molecular complexity index is 1050. The Morgan fingerprint density at radius 2 is 1.97 bits per heavy atom. The molecule has 162 valence electrons. The van der Waals surface area contributed by atoms with Crippen molar-refractivity contribution >= 4 is 23.4 Å². The number of rotatable bonds is 7. The summed E-state index contributed by atoms with van der Waals surface area (Å²) in [5, 5.41) is 11.7. The lowest BCUT2D eigenvalue weighted by molar-refractivity contribution is -0.116. The number of amides is 1. The van der Waals surface area contributed by atoms with Gasteiger partial charge in [-0.3, -0.25) is 4.79 Å². The Kier molecular flexibility index (Phi) is 6.31. The van der Waals surface area contributed by atoms with Crippen LogP contribution in [0, 0.1) is 0 Å². The fraction of sp³-hybridized carbons (Fsp3) is 0.318. The molecule has 9 heteroatoms. The van der Waals surface area contributed by atoms with Crippen molar-refractivity contribution in [2.45, 2.75) is 36.7 Å². The molecule has 2 unspecified atom stereocenters. The predicted molar refractivity (Wildman–Crippen MR) is 120 cm³/mol. The van der Waals surface area contributed by atoms with E-state index in [0.29, 0.717) is 23.2 Å². The second-order valence-electron chi connectivity index (χ2n) is 6.96. The Morgan fingerprint density at radius 3 is 2.68 bits per heavy atom. The number of nitrogens with zero attached hydrogens (tertiary/aromatic N) is 3. The van der Waals surface area contributed by atoms with Gasteiger partial charge in [0.15, 0.2) is 5.82 Å². The van der Waals surface area contributed by atoms with Gasteiger partial charge in [0.05, 0.1) is 19.8 Å². The lowest BCUT2D eigenvalue weighted by Gasteiger charge is -2.33. The number of aryl methyl sites for hydroxylation is 1. The average molecular weight is 440 g/mol. The number of benzene rings is 2. The first-order valence-electron chi connectivity index (χ1n) is 10.2. The first-order chi connectivity index (χ1) is 15.1. The molecule has 1 aliphatic heterocycles. The van der Waals surface area contributed by atoms with Gasteiger partial charge in [0.25, 0.3) is 0 Å². The third-order valence-corrected chi connectivity index (χ3v) is 6.18. The molecule has 0 spiro atoms. The summed E-state index contributed by atoms with van der Waals surface area (Å²) in [4.78, 5) is 13.3. The summed E-state index contributed by atoms with van der Waals surface area (Å²) in [5.74, 6) is 2.18. The Morgan fingerprint density at radius 1 is 1.16 bits per heavy atom. The molecule has 2 atom stereocenters. The van der Waals surface area contributed by atoms with Gasteiger partial charge in [0.1, 0.15) is 16.7 Å². The zero-order valence-corrected chi connectivity index (χ0v) is 18.5. The minimum Gasteiger partial charge on any atom is -0.497 e. The first-order valence-corrected chi connectivity index (χ1v) is 11.1. The minimum absolute atomic E-state index is 0.128. The number of thioether (sulfide) groups is 1. The van der Waals surface area contributed by atoms with Crippen molar-refractivity contribution < 1.29 is 14.3 Å². The fourth-order valence-electron chi connectivity index (χ4n) is 3.43. The van der Waals surface area contributed by atoms with E-state index >= 15 is 0 Å². The van der Waals surface area contributed by atoms with Gasteiger partial charge in [-0.2, -0.15) is 0 Å². The smallest absolute Gasteiger partial charge is 0.240 e. The summed E-state index contributed by atoms with van der Waals surface area (Å²) >= 11 is 1.40. The van der Waals surface area contributed by atoms with Gasteiger partial charge in [-0.1, -0.05) is 36.9 Å². The van der Waals surface area contributed by atoms with Gasteiger partial charge in [0.2, 0.25) is 11.1 Å². The highest BCUT2D eigenvalue weighted by atomic mass is 32.2. The molecule has 0 radical (unpaired) electrons. The van der Waals surface area contributed by atoms with Crippen LogP contribution in [-0.4, -0.2) is 39.7 Å². The van der Waals surface area contributed by atoms with Crippen LogP contribution in [0.3, 0.4) is 0 Å². The van der Waals surface area contributed by atoms with Crippen LogP contribution in [-0.2, 0) is 11.2 Å². The van der Waals surface area contributed by atoms with Gasteiger partial charge < -0.3 is 20.2 Å². The first kappa shape index (κ1) is 21.0. The molecule has 4 rings (SSSR count). The van der Waals surface area contributed by atoms with E-state index in [0.717, 1.165) is 23.6 Å². The molecule has 1 aliphatic rings. The van der Waals surface area contributed by atoms with E-state index < -0.39 is 5.25 Å². The molecule has 0 saturated heterocycles. The van der Waals surface area contributed by atoms with Gasteiger partial charge in [-0.05, 0) is 36.8 Å². The van der Waals surface area contributed by atoms with Crippen molar-refractivity contribution in [3.8, 4) is 11.5 Å². The summed E-state index contributed by atoms with van der Waals surface area (Å²) in [7, 11) is 1.60. The van der Waals surface area contributed by atoms with Crippen LogP contribution >= 0.6 is 11.8 Å². The topological polar surface area (TPSA) is 90.3 Å². The second-order valence-corrected chi connectivity index (χ2v) is 8.06.